The van der Waals surface area contributed by atoms with Gasteiger partial charge in [-0.1, -0.05) is 29.8 Å². The second-order valence-electron chi connectivity index (χ2n) is 4.75. The standard InChI is InChI=1S/C10H20BrN/c1-8(2)7-12-6-5-9(11)10(12,3)4/h8-9H,5-7H2,1-4H3. The molecule has 1 unspecified atom stereocenters. The second kappa shape index (κ2) is 3.67. The fraction of sp³-hybridized carbons (Fsp3) is 1.00. The molecule has 0 saturated carbocycles. The van der Waals surface area contributed by atoms with Crippen molar-refractivity contribution in [2.45, 2.75) is 44.5 Å². The van der Waals surface area contributed by atoms with E-state index in [1.807, 2.05) is 0 Å². The molecule has 1 nitrogen and oxygen atoms in total. The lowest BCUT2D eigenvalue weighted by Crippen LogP contribution is -2.44. The summed E-state index contributed by atoms with van der Waals surface area (Å²) in [6.07, 6.45) is 1.29. The predicted molar refractivity (Wildman–Crippen MR) is 57.8 cm³/mol. The number of alkyl halides is 1. The van der Waals surface area contributed by atoms with Crippen LogP contribution < -0.4 is 0 Å². The smallest absolute Gasteiger partial charge is 0.0336 e. The number of likely N-dealkylation sites (tertiary alicyclic amines) is 1. The van der Waals surface area contributed by atoms with Crippen molar-refractivity contribution in [2.75, 3.05) is 13.1 Å². The van der Waals surface area contributed by atoms with E-state index in [2.05, 4.69) is 48.5 Å². The third-order valence-electron chi connectivity index (χ3n) is 2.82. The van der Waals surface area contributed by atoms with E-state index >= 15 is 0 Å². The summed E-state index contributed by atoms with van der Waals surface area (Å²) in [5, 5.41) is 0. The molecule has 1 aliphatic heterocycles. The Hall–Kier alpha value is 0.440. The van der Waals surface area contributed by atoms with Gasteiger partial charge in [-0.15, -0.1) is 0 Å². The van der Waals surface area contributed by atoms with Crippen LogP contribution >= 0.6 is 15.9 Å². The molecule has 1 fully saturated rings. The maximum absolute atomic E-state index is 3.75. The molecule has 0 N–H and O–H groups in total. The summed E-state index contributed by atoms with van der Waals surface area (Å²) in [5.74, 6) is 0.780. The lowest BCUT2D eigenvalue weighted by atomic mass is 10.0. The maximum Gasteiger partial charge on any atom is 0.0336 e. The van der Waals surface area contributed by atoms with Gasteiger partial charge in [0.15, 0.2) is 0 Å². The van der Waals surface area contributed by atoms with E-state index in [9.17, 15) is 0 Å². The molecule has 0 spiro atoms. The summed E-state index contributed by atoms with van der Waals surface area (Å²) in [6, 6.07) is 0. The molecule has 1 rings (SSSR count). The van der Waals surface area contributed by atoms with Crippen LogP contribution in [0.2, 0.25) is 0 Å². The predicted octanol–water partition coefficient (Wildman–Crippen LogP) is 2.89. The van der Waals surface area contributed by atoms with Crippen LogP contribution in [0.25, 0.3) is 0 Å². The van der Waals surface area contributed by atoms with Crippen molar-refractivity contribution in [3.63, 3.8) is 0 Å². The minimum atomic E-state index is 0.351. The van der Waals surface area contributed by atoms with Gasteiger partial charge >= 0.3 is 0 Å². The van der Waals surface area contributed by atoms with Gasteiger partial charge in [0, 0.05) is 16.9 Å². The third kappa shape index (κ3) is 2.02. The Balaban J connectivity index is 2.56. The van der Waals surface area contributed by atoms with Crippen LogP contribution in [-0.4, -0.2) is 28.4 Å². The monoisotopic (exact) mass is 233 g/mol. The Kier molecular flexibility index (Phi) is 3.21. The lowest BCUT2D eigenvalue weighted by Gasteiger charge is -2.35. The summed E-state index contributed by atoms with van der Waals surface area (Å²) in [6.45, 7) is 11.7. The van der Waals surface area contributed by atoms with Gasteiger partial charge in [0.2, 0.25) is 0 Å². The quantitative estimate of drug-likeness (QED) is 0.664. The Morgan fingerprint density at radius 2 is 2.08 bits per heavy atom. The summed E-state index contributed by atoms with van der Waals surface area (Å²) < 4.78 is 0. The third-order valence-corrected chi connectivity index (χ3v) is 4.40. The number of hydrogen-bond acceptors (Lipinski definition) is 1. The maximum atomic E-state index is 3.75. The van der Waals surface area contributed by atoms with E-state index in [1.54, 1.807) is 0 Å². The van der Waals surface area contributed by atoms with E-state index in [-0.39, 0.29) is 0 Å². The number of nitrogens with zero attached hydrogens (tertiary/aromatic N) is 1. The Bertz CT molecular complexity index is 154. The van der Waals surface area contributed by atoms with Crippen molar-refractivity contribution < 1.29 is 0 Å². The molecule has 72 valence electrons. The van der Waals surface area contributed by atoms with Crippen LogP contribution in [0.5, 0.6) is 0 Å². The van der Waals surface area contributed by atoms with E-state index in [4.69, 9.17) is 0 Å². The first kappa shape index (κ1) is 10.5. The van der Waals surface area contributed by atoms with Crippen molar-refractivity contribution in [3.05, 3.63) is 0 Å². The first-order valence-electron chi connectivity index (χ1n) is 4.83. The average Bonchev–Trinajstić information content (AvgIpc) is 2.15. The number of rotatable bonds is 2. The second-order valence-corrected chi connectivity index (χ2v) is 5.86. The molecule has 12 heavy (non-hydrogen) atoms. The molecule has 0 aliphatic carbocycles. The Labute approximate surface area is 84.6 Å². The zero-order valence-electron chi connectivity index (χ0n) is 8.60. The van der Waals surface area contributed by atoms with E-state index in [0.717, 1.165) is 5.92 Å². The van der Waals surface area contributed by atoms with Gasteiger partial charge in [-0.2, -0.15) is 0 Å². The largest absolute Gasteiger partial charge is 0.297 e. The van der Waals surface area contributed by atoms with Crippen LogP contribution in [0, 0.1) is 5.92 Å². The molecular formula is C10H20BrN. The molecule has 1 aliphatic rings. The van der Waals surface area contributed by atoms with E-state index in [1.165, 1.54) is 19.5 Å². The van der Waals surface area contributed by atoms with E-state index in [0.29, 0.717) is 10.4 Å². The van der Waals surface area contributed by atoms with Gasteiger partial charge in [0.05, 0.1) is 0 Å². The van der Waals surface area contributed by atoms with Crippen molar-refractivity contribution in [1.82, 2.24) is 4.90 Å². The molecule has 0 radical (unpaired) electrons. The highest BCUT2D eigenvalue weighted by molar-refractivity contribution is 9.09. The van der Waals surface area contributed by atoms with Crippen LogP contribution in [0.4, 0.5) is 0 Å². The first-order chi connectivity index (χ1) is 5.44. The summed E-state index contributed by atoms with van der Waals surface area (Å²) >= 11 is 3.75. The average molecular weight is 234 g/mol. The van der Waals surface area contributed by atoms with Gasteiger partial charge in [-0.05, 0) is 32.7 Å². The number of hydrogen-bond donors (Lipinski definition) is 0. The highest BCUT2D eigenvalue weighted by atomic mass is 79.9. The molecule has 0 amide bonds. The van der Waals surface area contributed by atoms with Crippen molar-refractivity contribution in [3.8, 4) is 0 Å². The van der Waals surface area contributed by atoms with Gasteiger partial charge in [0.1, 0.15) is 0 Å². The van der Waals surface area contributed by atoms with E-state index < -0.39 is 0 Å². The van der Waals surface area contributed by atoms with Crippen LogP contribution in [0.15, 0.2) is 0 Å². The first-order valence-corrected chi connectivity index (χ1v) is 5.75. The molecule has 1 saturated heterocycles. The molecule has 0 aromatic rings. The Morgan fingerprint density at radius 3 is 2.42 bits per heavy atom. The van der Waals surface area contributed by atoms with Crippen LogP contribution in [-0.2, 0) is 0 Å². The van der Waals surface area contributed by atoms with Crippen molar-refractivity contribution in [2.24, 2.45) is 5.92 Å². The van der Waals surface area contributed by atoms with Crippen molar-refractivity contribution >= 4 is 15.9 Å². The minimum absolute atomic E-state index is 0.351. The van der Waals surface area contributed by atoms with Crippen molar-refractivity contribution in [1.29, 1.82) is 0 Å². The van der Waals surface area contributed by atoms with Gasteiger partial charge in [-0.3, -0.25) is 4.90 Å². The molecular weight excluding hydrogens is 214 g/mol. The van der Waals surface area contributed by atoms with Crippen LogP contribution in [0.3, 0.4) is 0 Å². The molecule has 0 bridgehead atoms. The fourth-order valence-electron chi connectivity index (χ4n) is 1.88. The fourth-order valence-corrected chi connectivity index (χ4v) is 2.37. The normalized spacial score (nSPS) is 30.0. The Morgan fingerprint density at radius 1 is 1.50 bits per heavy atom. The summed E-state index contributed by atoms with van der Waals surface area (Å²) in [7, 11) is 0. The minimum Gasteiger partial charge on any atom is -0.297 e. The van der Waals surface area contributed by atoms with Gasteiger partial charge in [0.25, 0.3) is 0 Å². The lowest BCUT2D eigenvalue weighted by molar-refractivity contribution is 0.160. The molecule has 0 aromatic heterocycles. The van der Waals surface area contributed by atoms with Gasteiger partial charge < -0.3 is 0 Å². The van der Waals surface area contributed by atoms with Crippen LogP contribution in [0.1, 0.15) is 34.1 Å². The molecule has 0 aromatic carbocycles. The highest BCUT2D eigenvalue weighted by Gasteiger charge is 2.39. The topological polar surface area (TPSA) is 3.24 Å². The van der Waals surface area contributed by atoms with Gasteiger partial charge in [-0.25, -0.2) is 0 Å². The molecule has 1 heterocycles. The SMILES string of the molecule is CC(C)CN1CCC(Br)C1(C)C. The molecule has 1 atom stereocenters. The highest BCUT2D eigenvalue weighted by Crippen LogP contribution is 2.34. The molecule has 2 heteroatoms. The zero-order valence-corrected chi connectivity index (χ0v) is 10.2. The summed E-state index contributed by atoms with van der Waals surface area (Å²) in [4.78, 5) is 3.26. The summed E-state index contributed by atoms with van der Waals surface area (Å²) in [5.41, 5.74) is 0.351. The number of halogens is 1. The zero-order chi connectivity index (χ0) is 9.35.